The molecular formula is C20H24N2O4S. The van der Waals surface area contributed by atoms with Crippen LogP contribution in [0.4, 0.5) is 5.69 Å². The lowest BCUT2D eigenvalue weighted by Crippen LogP contribution is -2.39. The number of amides is 1. The van der Waals surface area contributed by atoms with E-state index in [2.05, 4.69) is 5.32 Å². The van der Waals surface area contributed by atoms with Crippen LogP contribution in [0.2, 0.25) is 0 Å². The van der Waals surface area contributed by atoms with Gasteiger partial charge in [0.1, 0.15) is 5.75 Å². The van der Waals surface area contributed by atoms with E-state index in [1.807, 2.05) is 44.2 Å². The summed E-state index contributed by atoms with van der Waals surface area (Å²) in [6.07, 6.45) is 0.695. The van der Waals surface area contributed by atoms with Crippen LogP contribution in [-0.4, -0.2) is 33.2 Å². The Balaban J connectivity index is 1.77. The van der Waals surface area contributed by atoms with E-state index in [-0.39, 0.29) is 18.9 Å². The Morgan fingerprint density at radius 2 is 1.81 bits per heavy atom. The maximum Gasteiger partial charge on any atom is 0.261 e. The molecule has 6 nitrogen and oxygen atoms in total. The number of nitrogens with zero attached hydrogens (tertiary/aromatic N) is 1. The van der Waals surface area contributed by atoms with Crippen molar-refractivity contribution in [1.82, 2.24) is 5.32 Å². The molecule has 0 saturated heterocycles. The lowest BCUT2D eigenvalue weighted by molar-refractivity contribution is -0.128. The molecule has 1 aliphatic heterocycles. The maximum atomic E-state index is 12.6. The van der Waals surface area contributed by atoms with E-state index in [9.17, 15) is 13.2 Å². The predicted molar refractivity (Wildman–Crippen MR) is 105 cm³/mol. The number of fused-ring (bicyclic) bond motifs is 1. The predicted octanol–water partition coefficient (Wildman–Crippen LogP) is 2.54. The molecule has 0 saturated carbocycles. The number of ether oxygens (including phenoxy) is 1. The Hall–Kier alpha value is -2.54. The smallest absolute Gasteiger partial charge is 0.261 e. The van der Waals surface area contributed by atoms with Gasteiger partial charge in [-0.15, -0.1) is 0 Å². The van der Waals surface area contributed by atoms with Gasteiger partial charge in [-0.05, 0) is 37.1 Å². The molecule has 1 aliphatic rings. The van der Waals surface area contributed by atoms with Gasteiger partial charge in [0.05, 0.1) is 11.9 Å². The molecule has 1 atom stereocenters. The summed E-state index contributed by atoms with van der Waals surface area (Å²) in [5, 5.41) is 2.88. The minimum absolute atomic E-state index is 0.192. The first-order valence-corrected chi connectivity index (χ1v) is 10.7. The third kappa shape index (κ3) is 4.60. The number of carbonyl (C=O) groups excluding carboxylic acids is 1. The standard InChI is InChI=1S/C20H24N2O4S/c1-14-4-7-16(8-5-14)13-21-20(23)19-10-11-22(27(3,24)25)17-12-15(2)6-9-18(17)26-19/h4-9,12,19H,10-11,13H2,1-3H3,(H,21,23)/t19-/m1/s1. The lowest BCUT2D eigenvalue weighted by Gasteiger charge is -2.21. The van der Waals surface area contributed by atoms with Gasteiger partial charge in [-0.1, -0.05) is 35.9 Å². The number of benzene rings is 2. The summed E-state index contributed by atoms with van der Waals surface area (Å²) < 4.78 is 31.6. The molecule has 3 rings (SSSR count). The van der Waals surface area contributed by atoms with Crippen molar-refractivity contribution < 1.29 is 17.9 Å². The maximum absolute atomic E-state index is 12.6. The van der Waals surface area contributed by atoms with Gasteiger partial charge >= 0.3 is 0 Å². The third-order valence-corrected chi connectivity index (χ3v) is 5.71. The normalized spacial score (nSPS) is 16.9. The van der Waals surface area contributed by atoms with Crippen molar-refractivity contribution in [2.75, 3.05) is 17.1 Å². The van der Waals surface area contributed by atoms with Gasteiger partial charge in [-0.25, -0.2) is 8.42 Å². The van der Waals surface area contributed by atoms with Gasteiger partial charge in [-0.2, -0.15) is 0 Å². The highest BCUT2D eigenvalue weighted by atomic mass is 32.2. The van der Waals surface area contributed by atoms with E-state index in [0.29, 0.717) is 18.0 Å². The van der Waals surface area contributed by atoms with Gasteiger partial charge in [-0.3, -0.25) is 9.10 Å². The Bertz CT molecular complexity index is 939. The highest BCUT2D eigenvalue weighted by molar-refractivity contribution is 7.92. The molecule has 0 radical (unpaired) electrons. The molecule has 0 spiro atoms. The summed E-state index contributed by atoms with van der Waals surface area (Å²) in [4.78, 5) is 12.6. The number of aryl methyl sites for hydroxylation is 2. The molecule has 144 valence electrons. The van der Waals surface area contributed by atoms with Gasteiger partial charge in [0.2, 0.25) is 10.0 Å². The highest BCUT2D eigenvalue weighted by Gasteiger charge is 2.31. The van der Waals surface area contributed by atoms with Crippen LogP contribution in [0.25, 0.3) is 0 Å². The number of hydrogen-bond acceptors (Lipinski definition) is 4. The molecule has 0 aromatic heterocycles. The fourth-order valence-corrected chi connectivity index (χ4v) is 3.96. The van der Waals surface area contributed by atoms with Crippen molar-refractivity contribution in [3.63, 3.8) is 0 Å². The Labute approximate surface area is 160 Å². The Morgan fingerprint density at radius 3 is 2.48 bits per heavy atom. The minimum atomic E-state index is -3.47. The number of hydrogen-bond donors (Lipinski definition) is 1. The highest BCUT2D eigenvalue weighted by Crippen LogP contribution is 2.35. The van der Waals surface area contributed by atoms with Crippen LogP contribution in [0.5, 0.6) is 5.75 Å². The van der Waals surface area contributed by atoms with E-state index in [1.165, 1.54) is 4.31 Å². The fourth-order valence-electron chi connectivity index (χ4n) is 3.03. The second-order valence-corrected chi connectivity index (χ2v) is 8.81. The number of rotatable bonds is 4. The van der Waals surface area contributed by atoms with E-state index in [1.54, 1.807) is 12.1 Å². The van der Waals surface area contributed by atoms with Crippen LogP contribution in [0.1, 0.15) is 23.1 Å². The molecule has 27 heavy (non-hydrogen) atoms. The minimum Gasteiger partial charge on any atom is -0.478 e. The van der Waals surface area contributed by atoms with E-state index in [4.69, 9.17) is 4.74 Å². The summed E-state index contributed by atoms with van der Waals surface area (Å²) in [5.74, 6) is 0.150. The number of carbonyl (C=O) groups is 1. The molecule has 2 aromatic rings. The van der Waals surface area contributed by atoms with Crippen LogP contribution in [-0.2, 0) is 21.4 Å². The van der Waals surface area contributed by atoms with Crippen molar-refractivity contribution >= 4 is 21.6 Å². The van der Waals surface area contributed by atoms with E-state index < -0.39 is 16.1 Å². The second-order valence-electron chi connectivity index (χ2n) is 6.90. The molecule has 1 heterocycles. The monoisotopic (exact) mass is 388 g/mol. The van der Waals surface area contributed by atoms with Crippen LogP contribution in [0.3, 0.4) is 0 Å². The van der Waals surface area contributed by atoms with E-state index >= 15 is 0 Å². The lowest BCUT2D eigenvalue weighted by atomic mass is 10.1. The molecule has 2 aromatic carbocycles. The average Bonchev–Trinajstić information content (AvgIpc) is 2.80. The first-order chi connectivity index (χ1) is 12.7. The Morgan fingerprint density at radius 1 is 1.15 bits per heavy atom. The first kappa shape index (κ1) is 19.2. The van der Waals surface area contributed by atoms with Gasteiger partial charge < -0.3 is 10.1 Å². The summed E-state index contributed by atoms with van der Waals surface area (Å²) in [6.45, 7) is 4.49. The molecule has 7 heteroatoms. The molecule has 1 amide bonds. The molecule has 1 N–H and O–H groups in total. The topological polar surface area (TPSA) is 75.7 Å². The molecule has 0 aliphatic carbocycles. The SMILES string of the molecule is Cc1ccc(CNC(=O)[C@H]2CCN(S(C)(=O)=O)c3cc(C)ccc3O2)cc1. The van der Waals surface area contributed by atoms with Crippen molar-refractivity contribution in [2.45, 2.75) is 32.9 Å². The largest absolute Gasteiger partial charge is 0.478 e. The summed E-state index contributed by atoms with van der Waals surface area (Å²) in [7, 11) is -3.47. The van der Waals surface area contributed by atoms with Gasteiger partial charge in [0.25, 0.3) is 5.91 Å². The second kappa shape index (κ2) is 7.60. The van der Waals surface area contributed by atoms with Crippen molar-refractivity contribution in [3.8, 4) is 5.75 Å². The Kier molecular flexibility index (Phi) is 5.41. The molecule has 0 unspecified atom stereocenters. The zero-order valence-corrected chi connectivity index (χ0v) is 16.5. The van der Waals surface area contributed by atoms with Gasteiger partial charge in [0.15, 0.2) is 6.10 Å². The van der Waals surface area contributed by atoms with Crippen molar-refractivity contribution in [1.29, 1.82) is 0 Å². The number of sulfonamides is 1. The third-order valence-electron chi connectivity index (χ3n) is 4.53. The summed E-state index contributed by atoms with van der Waals surface area (Å²) in [6, 6.07) is 13.2. The summed E-state index contributed by atoms with van der Waals surface area (Å²) in [5.41, 5.74) is 3.56. The molecular weight excluding hydrogens is 364 g/mol. The zero-order chi connectivity index (χ0) is 19.6. The first-order valence-electron chi connectivity index (χ1n) is 8.82. The van der Waals surface area contributed by atoms with Crippen LogP contribution in [0, 0.1) is 13.8 Å². The van der Waals surface area contributed by atoms with Crippen LogP contribution in [0.15, 0.2) is 42.5 Å². The van der Waals surface area contributed by atoms with Crippen molar-refractivity contribution in [3.05, 3.63) is 59.2 Å². The fraction of sp³-hybridized carbons (Fsp3) is 0.350. The average molecular weight is 388 g/mol. The molecule has 0 fully saturated rings. The van der Waals surface area contributed by atoms with Crippen molar-refractivity contribution in [2.24, 2.45) is 0 Å². The quantitative estimate of drug-likeness (QED) is 0.873. The van der Waals surface area contributed by atoms with Crippen LogP contribution >= 0.6 is 0 Å². The summed E-state index contributed by atoms with van der Waals surface area (Å²) >= 11 is 0. The zero-order valence-electron chi connectivity index (χ0n) is 15.7. The number of nitrogens with one attached hydrogen (secondary N) is 1. The van der Waals surface area contributed by atoms with Crippen LogP contribution < -0.4 is 14.4 Å². The molecule has 0 bridgehead atoms. The van der Waals surface area contributed by atoms with Gasteiger partial charge in [0, 0.05) is 19.5 Å². The van der Waals surface area contributed by atoms with E-state index in [0.717, 1.165) is 22.9 Å². The number of anilines is 1.